The van der Waals surface area contributed by atoms with Crippen LogP contribution in [0.3, 0.4) is 0 Å². The number of carbonyl (C=O) groups is 1. The van der Waals surface area contributed by atoms with E-state index in [-0.39, 0.29) is 5.91 Å². The van der Waals surface area contributed by atoms with Gasteiger partial charge >= 0.3 is 0 Å². The van der Waals surface area contributed by atoms with E-state index in [1.807, 2.05) is 35.2 Å². The highest BCUT2D eigenvalue weighted by molar-refractivity contribution is 9.10. The number of fused-ring (bicyclic) bond motifs is 1. The molecule has 0 N–H and O–H groups in total. The summed E-state index contributed by atoms with van der Waals surface area (Å²) < 4.78 is 6.95. The predicted molar refractivity (Wildman–Crippen MR) is 99.4 cm³/mol. The van der Waals surface area contributed by atoms with Gasteiger partial charge in [0.1, 0.15) is 5.75 Å². The van der Waals surface area contributed by atoms with Crippen molar-refractivity contribution in [3.63, 3.8) is 0 Å². The van der Waals surface area contributed by atoms with Crippen LogP contribution in [0, 0.1) is 5.92 Å². The molecule has 0 atom stereocenters. The zero-order chi connectivity index (χ0) is 17.1. The van der Waals surface area contributed by atoms with Gasteiger partial charge in [-0.3, -0.25) is 4.79 Å². The maximum Gasteiger partial charge on any atom is 0.254 e. The van der Waals surface area contributed by atoms with Crippen LogP contribution >= 0.6 is 15.9 Å². The van der Waals surface area contributed by atoms with Gasteiger partial charge in [0.15, 0.2) is 0 Å². The van der Waals surface area contributed by atoms with Crippen molar-refractivity contribution in [1.29, 1.82) is 0 Å². The maximum atomic E-state index is 12.8. The summed E-state index contributed by atoms with van der Waals surface area (Å²) in [4.78, 5) is 14.8. The first-order valence-electron chi connectivity index (χ1n) is 8.33. The molecule has 0 aromatic heterocycles. The average molecular weight is 388 g/mol. The van der Waals surface area contributed by atoms with Gasteiger partial charge in [-0.15, -0.1) is 0 Å². The van der Waals surface area contributed by atoms with Crippen LogP contribution in [0.2, 0.25) is 0 Å². The number of benzene rings is 2. The maximum absolute atomic E-state index is 12.8. The first-order chi connectivity index (χ1) is 11.5. The lowest BCUT2D eigenvalue weighted by Gasteiger charge is -2.30. The summed E-state index contributed by atoms with van der Waals surface area (Å²) in [5.74, 6) is 1.42. The highest BCUT2D eigenvalue weighted by atomic mass is 79.9. The third-order valence-electron chi connectivity index (χ3n) is 4.14. The van der Waals surface area contributed by atoms with Crippen LogP contribution in [0.15, 0.2) is 46.9 Å². The van der Waals surface area contributed by atoms with E-state index < -0.39 is 0 Å². The monoisotopic (exact) mass is 387 g/mol. The van der Waals surface area contributed by atoms with Crippen LogP contribution in [0.1, 0.15) is 35.3 Å². The Labute approximate surface area is 151 Å². The molecule has 0 unspecified atom stereocenters. The lowest BCUT2D eigenvalue weighted by Crippen LogP contribution is -2.37. The Morgan fingerprint density at radius 3 is 2.62 bits per heavy atom. The fourth-order valence-corrected chi connectivity index (χ4v) is 3.16. The summed E-state index contributed by atoms with van der Waals surface area (Å²) in [6.45, 7) is 6.29. The molecule has 24 heavy (non-hydrogen) atoms. The van der Waals surface area contributed by atoms with Gasteiger partial charge in [0.2, 0.25) is 0 Å². The van der Waals surface area contributed by atoms with Crippen molar-refractivity contribution in [2.45, 2.75) is 26.8 Å². The molecule has 2 aromatic rings. The predicted octanol–water partition coefficient (Wildman–Crippen LogP) is 4.68. The lowest BCUT2D eigenvalue weighted by atomic mass is 9.97. The fourth-order valence-electron chi connectivity index (χ4n) is 2.90. The van der Waals surface area contributed by atoms with Crippen molar-refractivity contribution >= 4 is 21.8 Å². The van der Waals surface area contributed by atoms with E-state index in [1.165, 1.54) is 0 Å². The molecule has 1 aliphatic rings. The summed E-state index contributed by atoms with van der Waals surface area (Å²) in [5, 5.41) is 0. The molecule has 1 aliphatic heterocycles. The first kappa shape index (κ1) is 17.0. The number of hydrogen-bond donors (Lipinski definition) is 0. The van der Waals surface area contributed by atoms with Gasteiger partial charge in [0.05, 0.1) is 6.61 Å². The van der Waals surface area contributed by atoms with E-state index in [2.05, 4.69) is 41.9 Å². The number of ether oxygens (including phenoxy) is 1. The highest BCUT2D eigenvalue weighted by Crippen LogP contribution is 2.29. The minimum Gasteiger partial charge on any atom is -0.493 e. The van der Waals surface area contributed by atoms with Crippen LogP contribution < -0.4 is 4.74 Å². The van der Waals surface area contributed by atoms with Crippen molar-refractivity contribution in [1.82, 2.24) is 4.90 Å². The third kappa shape index (κ3) is 3.81. The largest absolute Gasteiger partial charge is 0.493 e. The van der Waals surface area contributed by atoms with E-state index in [1.54, 1.807) is 0 Å². The van der Waals surface area contributed by atoms with E-state index in [9.17, 15) is 4.79 Å². The van der Waals surface area contributed by atoms with E-state index >= 15 is 0 Å². The molecule has 0 fully saturated rings. The van der Waals surface area contributed by atoms with E-state index in [0.717, 1.165) is 39.9 Å². The molecule has 126 valence electrons. The normalized spacial score (nSPS) is 14.0. The minimum absolute atomic E-state index is 0.0918. The van der Waals surface area contributed by atoms with E-state index in [4.69, 9.17) is 4.74 Å². The van der Waals surface area contributed by atoms with Crippen molar-refractivity contribution in [3.05, 3.63) is 63.6 Å². The zero-order valence-corrected chi connectivity index (χ0v) is 15.7. The van der Waals surface area contributed by atoms with Crippen molar-refractivity contribution < 1.29 is 9.53 Å². The molecule has 0 saturated heterocycles. The molecule has 0 bridgehead atoms. The van der Waals surface area contributed by atoms with Crippen molar-refractivity contribution in [2.75, 3.05) is 13.2 Å². The van der Waals surface area contributed by atoms with Crippen LogP contribution in [-0.2, 0) is 13.0 Å². The third-order valence-corrected chi connectivity index (χ3v) is 4.67. The summed E-state index contributed by atoms with van der Waals surface area (Å²) in [6.07, 6.45) is 0.839. The van der Waals surface area contributed by atoms with Gasteiger partial charge in [0.25, 0.3) is 5.91 Å². The van der Waals surface area contributed by atoms with Gasteiger partial charge in [-0.1, -0.05) is 48.0 Å². The number of nitrogens with zero attached hydrogens (tertiary/aromatic N) is 1. The highest BCUT2D eigenvalue weighted by Gasteiger charge is 2.26. The SMILES string of the molecule is CC(C)COc1cccc2c1CCN(Cc1ccc(Br)cc1)C2=O. The Kier molecular flexibility index (Phi) is 5.24. The number of halogens is 1. The first-order valence-corrected chi connectivity index (χ1v) is 9.12. The van der Waals surface area contributed by atoms with Crippen molar-refractivity contribution in [3.8, 4) is 5.75 Å². The molecule has 3 rings (SSSR count). The smallest absolute Gasteiger partial charge is 0.254 e. The molecular formula is C20H22BrNO2. The lowest BCUT2D eigenvalue weighted by molar-refractivity contribution is 0.0725. The van der Waals surface area contributed by atoms with Gasteiger partial charge < -0.3 is 9.64 Å². The van der Waals surface area contributed by atoms with Crippen LogP contribution in [0.5, 0.6) is 5.75 Å². The van der Waals surface area contributed by atoms with Gasteiger partial charge in [0, 0.05) is 28.7 Å². The quantitative estimate of drug-likeness (QED) is 0.744. The molecule has 0 saturated carbocycles. The van der Waals surface area contributed by atoms with Gasteiger partial charge in [-0.05, 0) is 42.2 Å². The Balaban J connectivity index is 1.77. The summed E-state index contributed by atoms with van der Waals surface area (Å²) in [7, 11) is 0. The molecule has 2 aromatic carbocycles. The summed E-state index contributed by atoms with van der Waals surface area (Å²) in [6, 6.07) is 13.9. The number of carbonyl (C=O) groups excluding carboxylic acids is 1. The molecule has 0 radical (unpaired) electrons. The number of rotatable bonds is 5. The molecular weight excluding hydrogens is 366 g/mol. The molecule has 0 spiro atoms. The average Bonchev–Trinajstić information content (AvgIpc) is 2.57. The summed E-state index contributed by atoms with van der Waals surface area (Å²) in [5.41, 5.74) is 2.97. The Morgan fingerprint density at radius 1 is 1.17 bits per heavy atom. The molecule has 4 heteroatoms. The van der Waals surface area contributed by atoms with E-state index in [0.29, 0.717) is 19.1 Å². The van der Waals surface area contributed by atoms with Crippen LogP contribution in [0.4, 0.5) is 0 Å². The Morgan fingerprint density at radius 2 is 1.92 bits per heavy atom. The summed E-state index contributed by atoms with van der Waals surface area (Å²) >= 11 is 3.44. The van der Waals surface area contributed by atoms with Crippen molar-refractivity contribution in [2.24, 2.45) is 5.92 Å². The molecule has 0 aliphatic carbocycles. The standard InChI is InChI=1S/C20H22BrNO2/c1-14(2)13-24-19-5-3-4-18-17(19)10-11-22(20(18)23)12-15-6-8-16(21)9-7-15/h3-9,14H,10-13H2,1-2H3. The second-order valence-electron chi connectivity index (χ2n) is 6.59. The Hall–Kier alpha value is -1.81. The van der Waals surface area contributed by atoms with Crippen LogP contribution in [0.25, 0.3) is 0 Å². The topological polar surface area (TPSA) is 29.5 Å². The van der Waals surface area contributed by atoms with Crippen LogP contribution in [-0.4, -0.2) is 24.0 Å². The van der Waals surface area contributed by atoms with Gasteiger partial charge in [-0.2, -0.15) is 0 Å². The van der Waals surface area contributed by atoms with Gasteiger partial charge in [-0.25, -0.2) is 0 Å². The number of hydrogen-bond acceptors (Lipinski definition) is 2. The minimum atomic E-state index is 0.0918. The molecule has 3 nitrogen and oxygen atoms in total. The fraction of sp³-hybridized carbons (Fsp3) is 0.350. The molecule has 1 heterocycles. The Bertz CT molecular complexity index is 725. The molecule has 1 amide bonds. The second kappa shape index (κ2) is 7.39. The second-order valence-corrected chi connectivity index (χ2v) is 7.51. The zero-order valence-electron chi connectivity index (χ0n) is 14.1. The number of amides is 1.